The summed E-state index contributed by atoms with van der Waals surface area (Å²) in [6, 6.07) is 0. The molecule has 0 amide bonds. The molecule has 0 aromatic carbocycles. The van der Waals surface area contributed by atoms with Gasteiger partial charge in [0.1, 0.15) is 11.8 Å². The van der Waals surface area contributed by atoms with E-state index in [1.807, 2.05) is 4.57 Å². The predicted octanol–water partition coefficient (Wildman–Crippen LogP) is 0.0364. The molecule has 2 unspecified atom stereocenters. The summed E-state index contributed by atoms with van der Waals surface area (Å²) in [7, 11) is 2.46. The van der Waals surface area contributed by atoms with E-state index >= 15 is 0 Å². The maximum Gasteiger partial charge on any atom is 0.163 e. The highest BCUT2D eigenvalue weighted by molar-refractivity contribution is 7.16. The summed E-state index contributed by atoms with van der Waals surface area (Å²) in [5.74, 6) is 0. The van der Waals surface area contributed by atoms with Gasteiger partial charge in [0.15, 0.2) is 5.65 Å². The second-order valence-electron chi connectivity index (χ2n) is 3.27. The summed E-state index contributed by atoms with van der Waals surface area (Å²) in [6.45, 7) is 0.498. The lowest BCUT2D eigenvalue weighted by molar-refractivity contribution is 0.0290. The van der Waals surface area contributed by atoms with Gasteiger partial charge in [0.05, 0.1) is 38.1 Å². The zero-order valence-corrected chi connectivity index (χ0v) is 9.81. The van der Waals surface area contributed by atoms with E-state index in [4.69, 9.17) is 9.84 Å². The fourth-order valence-electron chi connectivity index (χ4n) is 1.47. The second-order valence-corrected chi connectivity index (χ2v) is 3.60. The van der Waals surface area contributed by atoms with Gasteiger partial charge in [-0.3, -0.25) is 0 Å². The molecule has 0 radical (unpaired) electrons. The van der Waals surface area contributed by atoms with Crippen LogP contribution in [-0.4, -0.2) is 43.7 Å². The number of ether oxygens (including phenoxy) is 1. The second kappa shape index (κ2) is 5.30. The van der Waals surface area contributed by atoms with E-state index in [2.05, 4.69) is 24.2 Å². The van der Waals surface area contributed by atoms with E-state index in [9.17, 15) is 0 Å². The topological polar surface area (TPSA) is 73.1 Å². The first-order valence-corrected chi connectivity index (χ1v) is 5.70. The number of hydrogen-bond donors (Lipinski definition) is 1. The average molecular weight is 240 g/mol. The van der Waals surface area contributed by atoms with Crippen LogP contribution in [0, 0.1) is 0 Å². The number of rotatable bonds is 5. The van der Waals surface area contributed by atoms with Gasteiger partial charge in [-0.05, 0) is 0 Å². The van der Waals surface area contributed by atoms with Gasteiger partial charge in [-0.15, -0.1) is 9.24 Å². The smallest absolute Gasteiger partial charge is 0.163 e. The fourth-order valence-corrected chi connectivity index (χ4v) is 1.74. The molecule has 6 nitrogen and oxygen atoms in total. The summed E-state index contributed by atoms with van der Waals surface area (Å²) >= 11 is 0. The molecule has 0 fully saturated rings. The monoisotopic (exact) mass is 240 g/mol. The Morgan fingerprint density at radius 1 is 1.50 bits per heavy atom. The van der Waals surface area contributed by atoms with Crippen molar-refractivity contribution in [2.45, 2.75) is 12.6 Å². The highest BCUT2D eigenvalue weighted by Gasteiger charge is 2.10. The van der Waals surface area contributed by atoms with Crippen molar-refractivity contribution in [3.63, 3.8) is 0 Å². The van der Waals surface area contributed by atoms with Crippen LogP contribution in [0.15, 0.2) is 18.9 Å². The van der Waals surface area contributed by atoms with Crippen LogP contribution in [0.5, 0.6) is 0 Å². The van der Waals surface area contributed by atoms with Gasteiger partial charge in [-0.2, -0.15) is 0 Å². The quantitative estimate of drug-likeness (QED) is 0.747. The van der Waals surface area contributed by atoms with Crippen molar-refractivity contribution in [3.05, 3.63) is 18.9 Å². The molecular weight excluding hydrogens is 227 g/mol. The van der Waals surface area contributed by atoms with Crippen LogP contribution in [0.1, 0.15) is 0 Å². The number of hydrogen-bond acceptors (Lipinski definition) is 5. The van der Waals surface area contributed by atoms with Gasteiger partial charge in [0.2, 0.25) is 0 Å². The first-order valence-electron chi connectivity index (χ1n) is 4.88. The molecule has 1 N–H and O–H groups in total. The summed E-state index contributed by atoms with van der Waals surface area (Å²) in [6.07, 6.45) is 5.06. The summed E-state index contributed by atoms with van der Waals surface area (Å²) in [5.41, 5.74) is 1.49. The van der Waals surface area contributed by atoms with Crippen molar-refractivity contribution in [3.8, 4) is 0 Å². The lowest BCUT2D eigenvalue weighted by atomic mass is 10.3. The standard InChI is InChI=1S/C9H13N4O2P/c14-3-7(15-6-16)2-13-5-12-8-1-10-4-11-9(8)13/h1,4-5,7,14H,2-3,6,16H2. The van der Waals surface area contributed by atoms with E-state index < -0.39 is 0 Å². The highest BCUT2D eigenvalue weighted by atomic mass is 31.0. The number of aliphatic hydroxyl groups is 1. The molecule has 2 heterocycles. The SMILES string of the molecule is OCC(Cn1cnc2cncnc21)OCP. The molecule has 2 aromatic rings. The largest absolute Gasteiger partial charge is 0.394 e. The lowest BCUT2D eigenvalue weighted by Gasteiger charge is -2.14. The Labute approximate surface area is 94.9 Å². The molecule has 0 aliphatic carbocycles. The minimum absolute atomic E-state index is 0.0286. The first-order chi connectivity index (χ1) is 7.85. The molecule has 0 spiro atoms. The molecule has 0 saturated heterocycles. The molecule has 2 aromatic heterocycles. The van der Waals surface area contributed by atoms with Crippen LogP contribution >= 0.6 is 9.24 Å². The van der Waals surface area contributed by atoms with E-state index in [-0.39, 0.29) is 12.7 Å². The Kier molecular flexibility index (Phi) is 3.77. The number of aliphatic hydroxyl groups excluding tert-OH is 1. The van der Waals surface area contributed by atoms with Crippen LogP contribution < -0.4 is 0 Å². The molecule has 0 aliphatic rings. The van der Waals surface area contributed by atoms with Crippen LogP contribution in [0.3, 0.4) is 0 Å². The Morgan fingerprint density at radius 3 is 3.12 bits per heavy atom. The normalized spacial score (nSPS) is 13.1. The van der Waals surface area contributed by atoms with E-state index in [0.717, 1.165) is 11.2 Å². The molecule has 2 rings (SSSR count). The fraction of sp³-hybridized carbons (Fsp3) is 0.444. The van der Waals surface area contributed by atoms with Gasteiger partial charge in [0.25, 0.3) is 0 Å². The molecule has 86 valence electrons. The van der Waals surface area contributed by atoms with Crippen molar-refractivity contribution >= 4 is 20.4 Å². The van der Waals surface area contributed by atoms with Gasteiger partial charge < -0.3 is 14.4 Å². The van der Waals surface area contributed by atoms with Gasteiger partial charge in [0, 0.05) is 0 Å². The van der Waals surface area contributed by atoms with E-state index in [1.165, 1.54) is 6.33 Å². The van der Waals surface area contributed by atoms with Gasteiger partial charge in [-0.25, -0.2) is 15.0 Å². The van der Waals surface area contributed by atoms with Gasteiger partial charge in [-0.1, -0.05) is 0 Å². The van der Waals surface area contributed by atoms with Crippen molar-refractivity contribution in [1.82, 2.24) is 19.5 Å². The summed E-state index contributed by atoms with van der Waals surface area (Å²) in [5, 5.41) is 9.13. The number of imidazole rings is 1. The molecule has 0 aliphatic heterocycles. The van der Waals surface area contributed by atoms with E-state index in [1.54, 1.807) is 12.5 Å². The lowest BCUT2D eigenvalue weighted by Crippen LogP contribution is -2.23. The third-order valence-electron chi connectivity index (χ3n) is 2.22. The molecule has 0 saturated carbocycles. The van der Waals surface area contributed by atoms with Crippen molar-refractivity contribution in [2.75, 3.05) is 13.0 Å². The minimum atomic E-state index is -0.245. The summed E-state index contributed by atoms with van der Waals surface area (Å²) in [4.78, 5) is 12.2. The molecule has 2 atom stereocenters. The van der Waals surface area contributed by atoms with Crippen molar-refractivity contribution in [1.29, 1.82) is 0 Å². The van der Waals surface area contributed by atoms with Crippen LogP contribution in [0.4, 0.5) is 0 Å². The third kappa shape index (κ3) is 2.35. The number of aromatic nitrogens is 4. The van der Waals surface area contributed by atoms with Crippen LogP contribution in [-0.2, 0) is 11.3 Å². The van der Waals surface area contributed by atoms with Crippen LogP contribution in [0.25, 0.3) is 11.2 Å². The average Bonchev–Trinajstić information content (AvgIpc) is 2.72. The summed E-state index contributed by atoms with van der Waals surface area (Å²) < 4.78 is 7.18. The molecule has 0 bridgehead atoms. The predicted molar refractivity (Wildman–Crippen MR) is 61.9 cm³/mol. The van der Waals surface area contributed by atoms with Crippen molar-refractivity contribution < 1.29 is 9.84 Å². The van der Waals surface area contributed by atoms with E-state index in [0.29, 0.717) is 12.9 Å². The van der Waals surface area contributed by atoms with Crippen molar-refractivity contribution in [2.24, 2.45) is 0 Å². The Hall–Kier alpha value is -1.10. The molecular formula is C9H13N4O2P. The highest BCUT2D eigenvalue weighted by Crippen LogP contribution is 2.09. The zero-order valence-electron chi connectivity index (χ0n) is 8.65. The zero-order chi connectivity index (χ0) is 11.4. The third-order valence-corrected chi connectivity index (χ3v) is 2.41. The molecule has 16 heavy (non-hydrogen) atoms. The number of nitrogens with zero attached hydrogens (tertiary/aromatic N) is 4. The maximum atomic E-state index is 9.13. The first kappa shape index (κ1) is 11.4. The Balaban J connectivity index is 2.20. The molecule has 7 heteroatoms. The van der Waals surface area contributed by atoms with Crippen LogP contribution in [0.2, 0.25) is 0 Å². The maximum absolute atomic E-state index is 9.13. The van der Waals surface area contributed by atoms with Gasteiger partial charge >= 0.3 is 0 Å². The Morgan fingerprint density at radius 2 is 2.38 bits per heavy atom. The Bertz CT molecular complexity index is 461. The number of fused-ring (bicyclic) bond motifs is 1. The minimum Gasteiger partial charge on any atom is -0.394 e.